The van der Waals surface area contributed by atoms with Gasteiger partial charge in [0.1, 0.15) is 4.88 Å². The van der Waals surface area contributed by atoms with Crippen molar-refractivity contribution in [3.05, 3.63) is 68.5 Å². The molecule has 4 rings (SSSR count). The third-order valence-electron chi connectivity index (χ3n) is 5.69. The number of fused-ring (bicyclic) bond motifs is 1. The molecule has 162 valence electrons. The number of carbonyl (C=O) groups is 1. The van der Waals surface area contributed by atoms with Crippen LogP contribution >= 0.6 is 11.3 Å². The third kappa shape index (κ3) is 4.24. The van der Waals surface area contributed by atoms with Gasteiger partial charge in [-0.05, 0) is 67.9 Å². The van der Waals surface area contributed by atoms with Crippen molar-refractivity contribution < 1.29 is 18.0 Å². The Hall–Kier alpha value is -2.67. The average Bonchev–Trinajstić information content (AvgIpc) is 3.14. The molecule has 0 fully saturated rings. The van der Waals surface area contributed by atoms with Crippen LogP contribution in [0.3, 0.4) is 0 Å². The van der Waals surface area contributed by atoms with E-state index in [4.69, 9.17) is 0 Å². The second kappa shape index (κ2) is 8.46. The highest BCUT2D eigenvalue weighted by Crippen LogP contribution is 2.47. The minimum absolute atomic E-state index is 0.221. The SMILES string of the molecule is CCc1cc(-c2c(C(F)(F)F)sc3c2CCCC3)ncc1NC(=O)c1ccccc1C. The number of rotatable bonds is 4. The molecule has 0 saturated carbocycles. The molecule has 1 aromatic carbocycles. The predicted molar refractivity (Wildman–Crippen MR) is 118 cm³/mol. The summed E-state index contributed by atoms with van der Waals surface area (Å²) in [7, 11) is 0. The molecule has 0 aliphatic heterocycles. The number of thiophene rings is 1. The van der Waals surface area contributed by atoms with Gasteiger partial charge in [0.2, 0.25) is 0 Å². The van der Waals surface area contributed by atoms with Crippen LogP contribution in [0.1, 0.15) is 56.6 Å². The van der Waals surface area contributed by atoms with Crippen molar-refractivity contribution >= 4 is 22.9 Å². The molecular formula is C24H23F3N2OS. The quantitative estimate of drug-likeness (QED) is 0.479. The van der Waals surface area contributed by atoms with Gasteiger partial charge in [-0.1, -0.05) is 25.1 Å². The summed E-state index contributed by atoms with van der Waals surface area (Å²) in [4.78, 5) is 17.3. The summed E-state index contributed by atoms with van der Waals surface area (Å²) >= 11 is 0.856. The molecule has 2 aromatic heterocycles. The number of nitrogens with one attached hydrogen (secondary N) is 1. The Kier molecular flexibility index (Phi) is 5.88. The summed E-state index contributed by atoms with van der Waals surface area (Å²) < 4.78 is 41.4. The zero-order valence-corrected chi connectivity index (χ0v) is 18.2. The maximum absolute atomic E-state index is 13.8. The van der Waals surface area contributed by atoms with Gasteiger partial charge in [-0.15, -0.1) is 11.3 Å². The number of aromatic nitrogens is 1. The van der Waals surface area contributed by atoms with E-state index in [1.807, 2.05) is 26.0 Å². The molecule has 1 aliphatic carbocycles. The number of anilines is 1. The number of benzene rings is 1. The van der Waals surface area contributed by atoms with Crippen LogP contribution in [0.5, 0.6) is 0 Å². The Labute approximate surface area is 183 Å². The first-order valence-electron chi connectivity index (χ1n) is 10.4. The normalized spacial score (nSPS) is 13.7. The Balaban J connectivity index is 1.74. The van der Waals surface area contributed by atoms with Gasteiger partial charge in [0.15, 0.2) is 0 Å². The lowest BCUT2D eigenvalue weighted by molar-refractivity contribution is -0.133. The lowest BCUT2D eigenvalue weighted by atomic mass is 9.92. The van der Waals surface area contributed by atoms with Gasteiger partial charge >= 0.3 is 6.18 Å². The lowest BCUT2D eigenvalue weighted by Gasteiger charge is -2.16. The molecule has 1 N–H and O–H groups in total. The van der Waals surface area contributed by atoms with Crippen molar-refractivity contribution in [2.24, 2.45) is 0 Å². The van der Waals surface area contributed by atoms with Crippen molar-refractivity contribution in [2.75, 3.05) is 5.32 Å². The smallest absolute Gasteiger partial charge is 0.320 e. The van der Waals surface area contributed by atoms with Gasteiger partial charge in [-0.3, -0.25) is 9.78 Å². The summed E-state index contributed by atoms with van der Waals surface area (Å²) in [5, 5.41) is 2.88. The maximum atomic E-state index is 13.8. The maximum Gasteiger partial charge on any atom is 0.426 e. The summed E-state index contributed by atoms with van der Waals surface area (Å²) in [5.41, 5.74) is 4.03. The second-order valence-corrected chi connectivity index (χ2v) is 8.87. The van der Waals surface area contributed by atoms with Gasteiger partial charge < -0.3 is 5.32 Å². The molecule has 3 aromatic rings. The van der Waals surface area contributed by atoms with E-state index in [-0.39, 0.29) is 11.5 Å². The molecule has 3 nitrogen and oxygen atoms in total. The zero-order valence-electron chi connectivity index (χ0n) is 17.4. The molecule has 0 unspecified atom stereocenters. The standard InChI is InChI=1S/C24H23F3N2OS/c1-3-15-12-18(21-17-10-6-7-11-20(17)31-22(21)24(25,26)27)28-13-19(15)29-23(30)16-9-5-4-8-14(16)2/h4-5,8-9,12-13H,3,6-7,10-11H2,1-2H3,(H,29,30). The number of halogens is 3. The Bertz CT molecular complexity index is 1130. The molecule has 2 heterocycles. The summed E-state index contributed by atoms with van der Waals surface area (Å²) in [6, 6.07) is 8.95. The Morgan fingerprint density at radius 1 is 1.19 bits per heavy atom. The highest BCUT2D eigenvalue weighted by Gasteiger charge is 2.39. The van der Waals surface area contributed by atoms with E-state index in [9.17, 15) is 18.0 Å². The molecule has 0 bridgehead atoms. The van der Waals surface area contributed by atoms with Gasteiger partial charge in [0, 0.05) is 16.0 Å². The van der Waals surface area contributed by atoms with Crippen LogP contribution in [0.4, 0.5) is 18.9 Å². The van der Waals surface area contributed by atoms with Crippen molar-refractivity contribution in [1.29, 1.82) is 0 Å². The fourth-order valence-corrected chi connectivity index (χ4v) is 5.36. The first-order chi connectivity index (χ1) is 14.8. The lowest BCUT2D eigenvalue weighted by Crippen LogP contribution is -2.15. The predicted octanol–water partition coefficient (Wildman–Crippen LogP) is 6.83. The van der Waals surface area contributed by atoms with Gasteiger partial charge in [0.25, 0.3) is 5.91 Å². The van der Waals surface area contributed by atoms with Crippen LogP contribution < -0.4 is 5.32 Å². The van der Waals surface area contributed by atoms with Gasteiger partial charge in [0.05, 0.1) is 17.6 Å². The number of hydrogen-bond donors (Lipinski definition) is 1. The molecular weight excluding hydrogens is 421 g/mol. The molecule has 31 heavy (non-hydrogen) atoms. The molecule has 0 saturated heterocycles. The van der Waals surface area contributed by atoms with Crippen LogP contribution in [0.2, 0.25) is 0 Å². The fraction of sp³-hybridized carbons (Fsp3) is 0.333. The van der Waals surface area contributed by atoms with E-state index in [0.29, 0.717) is 36.2 Å². The van der Waals surface area contributed by atoms with Crippen LogP contribution in [0, 0.1) is 6.92 Å². The molecule has 7 heteroatoms. The van der Waals surface area contributed by atoms with Crippen molar-refractivity contribution in [2.45, 2.75) is 52.1 Å². The third-order valence-corrected chi connectivity index (χ3v) is 7.03. The Morgan fingerprint density at radius 2 is 1.94 bits per heavy atom. The van der Waals surface area contributed by atoms with Crippen LogP contribution in [0.25, 0.3) is 11.3 Å². The van der Waals surface area contributed by atoms with E-state index < -0.39 is 11.1 Å². The molecule has 0 spiro atoms. The number of amides is 1. The van der Waals surface area contributed by atoms with Crippen LogP contribution in [0.15, 0.2) is 36.5 Å². The number of aryl methyl sites for hydroxylation is 3. The van der Waals surface area contributed by atoms with Gasteiger partial charge in [-0.2, -0.15) is 13.2 Å². The largest absolute Gasteiger partial charge is 0.426 e. The molecule has 0 atom stereocenters. The van der Waals surface area contributed by atoms with Gasteiger partial charge in [-0.25, -0.2) is 0 Å². The van der Waals surface area contributed by atoms with Crippen molar-refractivity contribution in [3.8, 4) is 11.3 Å². The van der Waals surface area contributed by atoms with Crippen LogP contribution in [-0.4, -0.2) is 10.9 Å². The number of alkyl halides is 3. The topological polar surface area (TPSA) is 42.0 Å². The van der Waals surface area contributed by atoms with E-state index in [1.165, 1.54) is 6.20 Å². The Morgan fingerprint density at radius 3 is 2.65 bits per heavy atom. The zero-order chi connectivity index (χ0) is 22.2. The van der Waals surface area contributed by atoms with Crippen molar-refractivity contribution in [3.63, 3.8) is 0 Å². The average molecular weight is 445 g/mol. The summed E-state index contributed by atoms with van der Waals surface area (Å²) in [6.45, 7) is 3.77. The van der Waals surface area contributed by atoms with E-state index >= 15 is 0 Å². The second-order valence-electron chi connectivity index (χ2n) is 7.76. The monoisotopic (exact) mass is 444 g/mol. The summed E-state index contributed by atoms with van der Waals surface area (Å²) in [5.74, 6) is -0.258. The number of hydrogen-bond acceptors (Lipinski definition) is 3. The number of nitrogens with zero attached hydrogens (tertiary/aromatic N) is 1. The van der Waals surface area contributed by atoms with E-state index in [1.54, 1.807) is 18.2 Å². The summed E-state index contributed by atoms with van der Waals surface area (Å²) in [6.07, 6.45) is 0.772. The first kappa shape index (κ1) is 21.6. The molecule has 0 radical (unpaired) electrons. The highest BCUT2D eigenvalue weighted by molar-refractivity contribution is 7.12. The number of carbonyl (C=O) groups excluding carboxylic acids is 1. The first-order valence-corrected chi connectivity index (χ1v) is 11.2. The highest BCUT2D eigenvalue weighted by atomic mass is 32.1. The minimum atomic E-state index is -4.41. The van der Waals surface area contributed by atoms with Crippen LogP contribution in [-0.2, 0) is 25.4 Å². The fourth-order valence-electron chi connectivity index (χ4n) is 4.09. The molecule has 1 aliphatic rings. The molecule has 1 amide bonds. The number of pyridine rings is 1. The van der Waals surface area contributed by atoms with E-state index in [0.717, 1.165) is 45.7 Å². The minimum Gasteiger partial charge on any atom is -0.320 e. The van der Waals surface area contributed by atoms with E-state index in [2.05, 4.69) is 10.3 Å². The van der Waals surface area contributed by atoms with Crippen molar-refractivity contribution in [1.82, 2.24) is 4.98 Å².